The lowest BCUT2D eigenvalue weighted by Gasteiger charge is -2.07. The number of nitrogens with two attached hydrogens (primary N) is 1. The van der Waals surface area contributed by atoms with E-state index in [-0.39, 0.29) is 10.8 Å². The van der Waals surface area contributed by atoms with Gasteiger partial charge in [-0.1, -0.05) is 72.4 Å². The van der Waals surface area contributed by atoms with Crippen molar-refractivity contribution in [3.05, 3.63) is 60.5 Å². The van der Waals surface area contributed by atoms with E-state index in [1.807, 2.05) is 30.3 Å². The first-order chi connectivity index (χ1) is 14.3. The second-order valence-electron chi connectivity index (χ2n) is 6.01. The van der Waals surface area contributed by atoms with E-state index >= 15 is 0 Å². The average Bonchev–Trinajstić information content (AvgIpc) is 3.15. The number of sulfonamides is 1. The van der Waals surface area contributed by atoms with Crippen LogP contribution in [0.15, 0.2) is 63.9 Å². The summed E-state index contributed by atoms with van der Waals surface area (Å²) in [5.74, 6) is 6.83. The van der Waals surface area contributed by atoms with E-state index in [0.29, 0.717) is 27.1 Å². The number of hydrogen-bond acceptors (Lipinski definition) is 7. The van der Waals surface area contributed by atoms with Gasteiger partial charge in [-0.25, -0.2) is 23.6 Å². The van der Waals surface area contributed by atoms with E-state index in [2.05, 4.69) is 16.8 Å². The normalized spacial score (nSPS) is 10.9. The van der Waals surface area contributed by atoms with Gasteiger partial charge in [-0.2, -0.15) is 0 Å². The zero-order valence-electron chi connectivity index (χ0n) is 15.8. The number of primary sulfonamides is 1. The summed E-state index contributed by atoms with van der Waals surface area (Å²) in [4.78, 5) is 4.49. The maximum atomic E-state index is 11.5. The van der Waals surface area contributed by atoms with Crippen molar-refractivity contribution in [3.8, 4) is 34.4 Å². The lowest BCUT2D eigenvalue weighted by atomic mass is 10.1. The van der Waals surface area contributed by atoms with Crippen molar-refractivity contribution in [1.29, 1.82) is 0 Å². The number of benzene rings is 2. The maximum Gasteiger partial charge on any atom is 0.274 e. The number of aromatic nitrogens is 1. The molecule has 0 amide bonds. The van der Waals surface area contributed by atoms with Gasteiger partial charge < -0.3 is 4.42 Å². The van der Waals surface area contributed by atoms with Crippen LogP contribution in [-0.4, -0.2) is 40.8 Å². The van der Waals surface area contributed by atoms with E-state index in [0.717, 1.165) is 10.6 Å². The number of oxazole rings is 1. The first kappa shape index (κ1) is 22.0. The summed E-state index contributed by atoms with van der Waals surface area (Å²) in [5.41, 5.74) is 2.00. The minimum atomic E-state index is -3.79. The zero-order valence-corrected chi connectivity index (χ0v) is 18.2. The molecule has 3 aromatic rings. The number of hydrogen-bond donors (Lipinski definition) is 2. The van der Waals surface area contributed by atoms with E-state index in [1.165, 1.54) is 30.9 Å². The topological polar surface area (TPSA) is 110 Å². The number of nitrogens with zero attached hydrogens (tertiary/aromatic N) is 2. The first-order valence-electron chi connectivity index (χ1n) is 8.53. The Morgan fingerprint density at radius 3 is 2.47 bits per heavy atom. The minimum absolute atomic E-state index is 0.0119. The van der Waals surface area contributed by atoms with Gasteiger partial charge in [-0.15, -0.1) is 0 Å². The monoisotopic (exact) mass is 459 g/mol. The largest absolute Gasteiger partial charge is 0.429 e. The van der Waals surface area contributed by atoms with Crippen molar-refractivity contribution in [2.45, 2.75) is 4.90 Å². The highest BCUT2D eigenvalue weighted by Gasteiger charge is 2.17. The van der Waals surface area contributed by atoms with Gasteiger partial charge in [-0.05, 0) is 18.1 Å². The Morgan fingerprint density at radius 2 is 1.87 bits per heavy atom. The summed E-state index contributed by atoms with van der Waals surface area (Å²) in [6.07, 6.45) is 0. The smallest absolute Gasteiger partial charge is 0.274 e. The third-order valence-electron chi connectivity index (χ3n) is 3.85. The molecule has 0 saturated carbocycles. The number of rotatable bonds is 4. The van der Waals surface area contributed by atoms with Crippen LogP contribution >= 0.6 is 24.0 Å². The fourth-order valence-corrected chi connectivity index (χ4v) is 3.61. The highest BCUT2D eigenvalue weighted by atomic mass is 32.2. The van der Waals surface area contributed by atoms with Crippen LogP contribution in [0.3, 0.4) is 0 Å². The van der Waals surface area contributed by atoms with Crippen molar-refractivity contribution < 1.29 is 18.0 Å². The van der Waals surface area contributed by atoms with Gasteiger partial charge in [0.1, 0.15) is 5.69 Å². The van der Waals surface area contributed by atoms with Crippen LogP contribution in [0.1, 0.15) is 5.89 Å². The van der Waals surface area contributed by atoms with Gasteiger partial charge in [0.05, 0.1) is 10.6 Å². The summed E-state index contributed by atoms with van der Waals surface area (Å²) >= 11 is 6.18. The standard InChI is InChI=1S/C20H17N3O4S3/c1-23(24)20(28)29-13-5-8-17-22-18(19(27-17)15-6-3-2-4-7-15)14-9-11-16(12-10-14)30(21,25)26/h2-4,6-7,9-12,24H,13H2,1H3,(H2,21,25,26). The molecule has 0 aliphatic rings. The Labute approximate surface area is 183 Å². The summed E-state index contributed by atoms with van der Waals surface area (Å²) in [5, 5.41) is 15.3. The van der Waals surface area contributed by atoms with Crippen molar-refractivity contribution in [2.24, 2.45) is 5.14 Å². The molecule has 0 fully saturated rings. The maximum absolute atomic E-state index is 11.5. The van der Waals surface area contributed by atoms with Gasteiger partial charge in [0.2, 0.25) is 10.0 Å². The van der Waals surface area contributed by atoms with Crippen LogP contribution in [0.2, 0.25) is 0 Å². The minimum Gasteiger partial charge on any atom is -0.429 e. The Bertz CT molecular complexity index is 1210. The average molecular weight is 460 g/mol. The molecule has 0 bridgehead atoms. The van der Waals surface area contributed by atoms with Crippen LogP contribution in [0.4, 0.5) is 0 Å². The predicted molar refractivity (Wildman–Crippen MR) is 120 cm³/mol. The van der Waals surface area contributed by atoms with Crippen molar-refractivity contribution in [2.75, 3.05) is 12.8 Å². The summed E-state index contributed by atoms with van der Waals surface area (Å²) in [6.45, 7) is 0. The SMILES string of the molecule is CN(O)C(=S)SCC#Cc1nc(-c2ccc(S(N)(=O)=O)cc2)c(-c2ccccc2)o1. The third kappa shape index (κ3) is 5.47. The fraction of sp³-hybridized carbons (Fsp3) is 0.100. The van der Waals surface area contributed by atoms with Crippen LogP contribution in [0.25, 0.3) is 22.6 Å². The molecule has 0 saturated heterocycles. The molecule has 1 aromatic heterocycles. The highest BCUT2D eigenvalue weighted by molar-refractivity contribution is 8.23. The molecule has 3 rings (SSSR count). The quantitative estimate of drug-likeness (QED) is 0.347. The van der Waals surface area contributed by atoms with Crippen molar-refractivity contribution in [1.82, 2.24) is 10.0 Å². The highest BCUT2D eigenvalue weighted by Crippen LogP contribution is 2.32. The summed E-state index contributed by atoms with van der Waals surface area (Å²) in [6, 6.07) is 15.5. The number of thioether (sulfide) groups is 1. The molecule has 1 heterocycles. The third-order valence-corrected chi connectivity index (χ3v) is 6.19. The van der Waals surface area contributed by atoms with Crippen LogP contribution in [-0.2, 0) is 10.0 Å². The number of thiocarbonyl (C=S) groups is 1. The predicted octanol–water partition coefficient (Wildman–Crippen LogP) is 3.35. The summed E-state index contributed by atoms with van der Waals surface area (Å²) in [7, 11) is -2.35. The molecule has 0 unspecified atom stereocenters. The molecule has 154 valence electrons. The van der Waals surface area contributed by atoms with Crippen molar-refractivity contribution >= 4 is 38.3 Å². The second-order valence-corrected chi connectivity index (χ2v) is 9.18. The van der Waals surface area contributed by atoms with E-state index in [4.69, 9.17) is 21.8 Å². The fourth-order valence-electron chi connectivity index (χ4n) is 2.46. The van der Waals surface area contributed by atoms with E-state index in [9.17, 15) is 13.6 Å². The molecule has 0 aliphatic heterocycles. The molecule has 0 atom stereocenters. The molecule has 7 nitrogen and oxygen atoms in total. The molecular formula is C20H17N3O4S3. The van der Waals surface area contributed by atoms with Gasteiger partial charge >= 0.3 is 0 Å². The lowest BCUT2D eigenvalue weighted by molar-refractivity contribution is 0.0205. The Hall–Kier alpha value is -2.68. The molecule has 2 aromatic carbocycles. The molecule has 10 heteroatoms. The molecule has 0 radical (unpaired) electrons. The summed E-state index contributed by atoms with van der Waals surface area (Å²) < 4.78 is 29.2. The lowest BCUT2D eigenvalue weighted by Crippen LogP contribution is -2.17. The Balaban J connectivity index is 1.95. The zero-order chi connectivity index (χ0) is 21.7. The van der Waals surface area contributed by atoms with Gasteiger partial charge in [0.25, 0.3) is 5.89 Å². The van der Waals surface area contributed by atoms with E-state index < -0.39 is 10.0 Å². The van der Waals surface area contributed by atoms with Crippen LogP contribution < -0.4 is 5.14 Å². The van der Waals surface area contributed by atoms with Crippen LogP contribution in [0, 0.1) is 11.8 Å². The molecular weight excluding hydrogens is 442 g/mol. The Morgan fingerprint density at radius 1 is 1.20 bits per heavy atom. The van der Waals surface area contributed by atoms with Gasteiger partial charge in [0.15, 0.2) is 10.1 Å². The first-order valence-corrected chi connectivity index (χ1v) is 11.5. The molecule has 0 aliphatic carbocycles. The molecule has 0 spiro atoms. The number of hydroxylamine groups is 2. The molecule has 30 heavy (non-hydrogen) atoms. The van der Waals surface area contributed by atoms with Gasteiger partial charge in [-0.3, -0.25) is 5.21 Å². The van der Waals surface area contributed by atoms with Crippen molar-refractivity contribution in [3.63, 3.8) is 0 Å². The second kappa shape index (κ2) is 9.42. The van der Waals surface area contributed by atoms with Crippen LogP contribution in [0.5, 0.6) is 0 Å². The van der Waals surface area contributed by atoms with Gasteiger partial charge in [0, 0.05) is 18.2 Å². The van der Waals surface area contributed by atoms with E-state index in [1.54, 1.807) is 12.1 Å². The molecule has 3 N–H and O–H groups in total. The Kier molecular flexibility index (Phi) is 6.91.